The summed E-state index contributed by atoms with van der Waals surface area (Å²) >= 11 is 3.29. The molecule has 1 saturated heterocycles. The van der Waals surface area contributed by atoms with E-state index >= 15 is 0 Å². The average molecular weight is 315 g/mol. The van der Waals surface area contributed by atoms with Gasteiger partial charge in [0.2, 0.25) is 5.91 Å². The van der Waals surface area contributed by atoms with Crippen LogP contribution >= 0.6 is 15.9 Å². The summed E-state index contributed by atoms with van der Waals surface area (Å²) in [6, 6.07) is 3.11. The molecule has 1 aromatic rings. The zero-order valence-electron chi connectivity index (χ0n) is 10.1. The van der Waals surface area contributed by atoms with Crippen LogP contribution in [0.3, 0.4) is 0 Å². The molecular formula is C12H15BrN2O3. The maximum atomic E-state index is 12.1. The Morgan fingerprint density at radius 3 is 3.06 bits per heavy atom. The third-order valence-electron chi connectivity index (χ3n) is 2.85. The van der Waals surface area contributed by atoms with E-state index in [0.29, 0.717) is 19.7 Å². The fourth-order valence-corrected chi connectivity index (χ4v) is 2.30. The molecule has 1 aromatic heterocycles. The Morgan fingerprint density at radius 1 is 1.56 bits per heavy atom. The Balaban J connectivity index is 2.06. The first-order valence-corrected chi connectivity index (χ1v) is 6.61. The lowest BCUT2D eigenvalue weighted by atomic mass is 10.3. The summed E-state index contributed by atoms with van der Waals surface area (Å²) in [4.78, 5) is 25.4. The van der Waals surface area contributed by atoms with E-state index in [2.05, 4.69) is 15.9 Å². The van der Waals surface area contributed by atoms with Gasteiger partial charge in [0.15, 0.2) is 0 Å². The Bertz CT molecular complexity index is 500. The summed E-state index contributed by atoms with van der Waals surface area (Å²) in [7, 11) is 0. The molecule has 0 saturated carbocycles. The molecule has 2 heterocycles. The van der Waals surface area contributed by atoms with Crippen LogP contribution in [-0.2, 0) is 16.1 Å². The summed E-state index contributed by atoms with van der Waals surface area (Å²) in [6.45, 7) is 3.74. The zero-order chi connectivity index (χ0) is 13.1. The molecule has 5 nitrogen and oxygen atoms in total. The van der Waals surface area contributed by atoms with E-state index in [0.717, 1.165) is 4.47 Å². The van der Waals surface area contributed by atoms with E-state index in [4.69, 9.17) is 4.74 Å². The molecule has 1 atom stereocenters. The molecule has 0 aliphatic carbocycles. The normalized spacial score (nSPS) is 19.9. The maximum absolute atomic E-state index is 12.1. The molecule has 1 fully saturated rings. The number of amides is 1. The number of carbonyl (C=O) groups is 1. The zero-order valence-corrected chi connectivity index (χ0v) is 11.7. The second-order valence-corrected chi connectivity index (χ2v) is 5.25. The second-order valence-electron chi connectivity index (χ2n) is 4.33. The predicted molar refractivity (Wildman–Crippen MR) is 70.4 cm³/mol. The van der Waals surface area contributed by atoms with Crippen LogP contribution in [0.25, 0.3) is 0 Å². The molecule has 0 N–H and O–H groups in total. The fourth-order valence-electron chi connectivity index (χ4n) is 1.92. The Hall–Kier alpha value is -1.14. The largest absolute Gasteiger partial charge is 0.375 e. The Kier molecular flexibility index (Phi) is 4.19. The van der Waals surface area contributed by atoms with Gasteiger partial charge in [0, 0.05) is 29.8 Å². The van der Waals surface area contributed by atoms with Crippen LogP contribution in [0.2, 0.25) is 0 Å². The van der Waals surface area contributed by atoms with E-state index in [9.17, 15) is 9.59 Å². The minimum Gasteiger partial charge on any atom is -0.375 e. The van der Waals surface area contributed by atoms with Gasteiger partial charge in [0.1, 0.15) is 6.54 Å². The van der Waals surface area contributed by atoms with E-state index in [1.54, 1.807) is 17.2 Å². The van der Waals surface area contributed by atoms with Gasteiger partial charge in [-0.1, -0.05) is 0 Å². The molecule has 18 heavy (non-hydrogen) atoms. The molecule has 0 unspecified atom stereocenters. The van der Waals surface area contributed by atoms with E-state index in [-0.39, 0.29) is 24.1 Å². The standard InChI is InChI=1S/C12H15BrN2O3/c1-9-6-14(4-5-18-9)12(17)8-15-7-10(13)2-3-11(15)16/h2-3,7,9H,4-6,8H2,1H3/t9-/m0/s1. The number of carbonyl (C=O) groups excluding carboxylic acids is 1. The van der Waals surface area contributed by atoms with Crippen molar-refractivity contribution < 1.29 is 9.53 Å². The molecule has 0 radical (unpaired) electrons. The third kappa shape index (κ3) is 3.20. The minimum absolute atomic E-state index is 0.0506. The van der Waals surface area contributed by atoms with Crippen molar-refractivity contribution in [3.8, 4) is 0 Å². The number of hydrogen-bond acceptors (Lipinski definition) is 3. The van der Waals surface area contributed by atoms with Crippen LogP contribution in [0.5, 0.6) is 0 Å². The van der Waals surface area contributed by atoms with Gasteiger partial charge in [-0.3, -0.25) is 9.59 Å². The van der Waals surface area contributed by atoms with Gasteiger partial charge in [-0.05, 0) is 28.9 Å². The monoisotopic (exact) mass is 314 g/mol. The number of halogens is 1. The molecule has 2 rings (SSSR count). The van der Waals surface area contributed by atoms with Gasteiger partial charge in [0.05, 0.1) is 12.7 Å². The molecular weight excluding hydrogens is 300 g/mol. The molecule has 0 aromatic carbocycles. The van der Waals surface area contributed by atoms with Crippen molar-refractivity contribution in [2.75, 3.05) is 19.7 Å². The molecule has 0 spiro atoms. The highest BCUT2D eigenvalue weighted by Gasteiger charge is 2.21. The third-order valence-corrected chi connectivity index (χ3v) is 3.32. The van der Waals surface area contributed by atoms with E-state index in [1.807, 2.05) is 6.92 Å². The second kappa shape index (κ2) is 5.67. The highest BCUT2D eigenvalue weighted by molar-refractivity contribution is 9.10. The lowest BCUT2D eigenvalue weighted by molar-refractivity contribution is -0.138. The van der Waals surface area contributed by atoms with Crippen LogP contribution in [-0.4, -0.2) is 41.2 Å². The number of aromatic nitrogens is 1. The van der Waals surface area contributed by atoms with Crippen molar-refractivity contribution in [3.63, 3.8) is 0 Å². The summed E-state index contributed by atoms with van der Waals surface area (Å²) in [5.41, 5.74) is -0.173. The smallest absolute Gasteiger partial charge is 0.251 e. The topological polar surface area (TPSA) is 51.5 Å². The van der Waals surface area contributed by atoms with Crippen LogP contribution < -0.4 is 5.56 Å². The molecule has 1 aliphatic heterocycles. The molecule has 98 valence electrons. The molecule has 6 heteroatoms. The van der Waals surface area contributed by atoms with Gasteiger partial charge in [-0.15, -0.1) is 0 Å². The van der Waals surface area contributed by atoms with Crippen LogP contribution in [0.4, 0.5) is 0 Å². The molecule has 1 amide bonds. The number of hydrogen-bond donors (Lipinski definition) is 0. The van der Waals surface area contributed by atoms with Crippen LogP contribution in [0.1, 0.15) is 6.92 Å². The number of pyridine rings is 1. The van der Waals surface area contributed by atoms with Gasteiger partial charge < -0.3 is 14.2 Å². The molecule has 0 bridgehead atoms. The molecule has 1 aliphatic rings. The van der Waals surface area contributed by atoms with Crippen LogP contribution in [0, 0.1) is 0 Å². The first-order valence-electron chi connectivity index (χ1n) is 5.81. The Morgan fingerprint density at radius 2 is 2.33 bits per heavy atom. The fraction of sp³-hybridized carbons (Fsp3) is 0.500. The number of morpholine rings is 1. The summed E-state index contributed by atoms with van der Waals surface area (Å²) < 4.78 is 7.57. The summed E-state index contributed by atoms with van der Waals surface area (Å²) in [6.07, 6.45) is 1.69. The highest BCUT2D eigenvalue weighted by Crippen LogP contribution is 2.07. The highest BCUT2D eigenvalue weighted by atomic mass is 79.9. The first-order chi connectivity index (χ1) is 8.56. The van der Waals surface area contributed by atoms with Gasteiger partial charge in [-0.2, -0.15) is 0 Å². The number of nitrogens with zero attached hydrogens (tertiary/aromatic N) is 2. The van der Waals surface area contributed by atoms with Crippen molar-refractivity contribution in [1.29, 1.82) is 0 Å². The first kappa shape index (κ1) is 13.3. The predicted octanol–water partition coefficient (Wildman–Crippen LogP) is 0.858. The Labute approximate surface area is 113 Å². The van der Waals surface area contributed by atoms with Gasteiger partial charge in [0.25, 0.3) is 5.56 Å². The average Bonchev–Trinajstić information content (AvgIpc) is 2.34. The van der Waals surface area contributed by atoms with Crippen molar-refractivity contribution in [2.45, 2.75) is 19.6 Å². The number of rotatable bonds is 2. The van der Waals surface area contributed by atoms with Crippen molar-refractivity contribution in [1.82, 2.24) is 9.47 Å². The minimum atomic E-state index is -0.173. The SMILES string of the molecule is C[C@H]1CN(C(=O)Cn2cc(Br)ccc2=O)CCO1. The summed E-state index contributed by atoms with van der Waals surface area (Å²) in [5, 5.41) is 0. The number of ether oxygens (including phenoxy) is 1. The quantitative estimate of drug-likeness (QED) is 0.813. The summed E-state index contributed by atoms with van der Waals surface area (Å²) in [5.74, 6) is -0.0506. The lowest BCUT2D eigenvalue weighted by Crippen LogP contribution is -2.46. The van der Waals surface area contributed by atoms with E-state index in [1.165, 1.54) is 10.6 Å². The van der Waals surface area contributed by atoms with E-state index < -0.39 is 0 Å². The van der Waals surface area contributed by atoms with Crippen molar-refractivity contribution >= 4 is 21.8 Å². The van der Waals surface area contributed by atoms with Gasteiger partial charge in [-0.25, -0.2) is 0 Å². The van der Waals surface area contributed by atoms with Gasteiger partial charge >= 0.3 is 0 Å². The lowest BCUT2D eigenvalue weighted by Gasteiger charge is -2.31. The van der Waals surface area contributed by atoms with Crippen molar-refractivity contribution in [2.24, 2.45) is 0 Å². The maximum Gasteiger partial charge on any atom is 0.251 e. The van der Waals surface area contributed by atoms with Crippen LogP contribution in [0.15, 0.2) is 27.6 Å². The van der Waals surface area contributed by atoms with Crippen molar-refractivity contribution in [3.05, 3.63) is 33.2 Å².